The summed E-state index contributed by atoms with van der Waals surface area (Å²) in [7, 11) is -3.53. The topological polar surface area (TPSA) is 108 Å². The second-order valence-electron chi connectivity index (χ2n) is 9.21. The van der Waals surface area contributed by atoms with Gasteiger partial charge in [-0.3, -0.25) is 14.5 Å². The highest BCUT2D eigenvalue weighted by molar-refractivity contribution is 7.89. The minimum Gasteiger partial charge on any atom is -0.379 e. The Morgan fingerprint density at radius 1 is 1.05 bits per heavy atom. The summed E-state index contributed by atoms with van der Waals surface area (Å²) in [5, 5.41) is 3.56. The van der Waals surface area contributed by atoms with Crippen molar-refractivity contribution in [2.45, 2.75) is 44.2 Å². The molecule has 2 amide bonds. The van der Waals surface area contributed by atoms with Crippen molar-refractivity contribution in [3.8, 4) is 0 Å². The van der Waals surface area contributed by atoms with E-state index in [0.29, 0.717) is 37.7 Å². The lowest BCUT2D eigenvalue weighted by atomic mass is 10.1. The lowest BCUT2D eigenvalue weighted by molar-refractivity contribution is -0.140. The number of carbonyl (C=O) groups is 2. The van der Waals surface area contributed by atoms with Crippen molar-refractivity contribution in [2.75, 3.05) is 45.9 Å². The highest BCUT2D eigenvalue weighted by Crippen LogP contribution is 2.17. The SMILES string of the molecule is CCNS(=O)(=O)c1ccc(CCC(=O)N(Cc2ccc(Cl)cc2)[C@H](C)C(=O)NCCN2CCOCC2)cc1. The molecule has 0 bridgehead atoms. The van der Waals surface area contributed by atoms with Gasteiger partial charge in [0.2, 0.25) is 21.8 Å². The molecule has 208 valence electrons. The van der Waals surface area contributed by atoms with Gasteiger partial charge in [-0.1, -0.05) is 42.8 Å². The number of ether oxygens (including phenoxy) is 1. The van der Waals surface area contributed by atoms with Crippen LogP contribution in [0.15, 0.2) is 53.4 Å². The van der Waals surface area contributed by atoms with Crippen molar-refractivity contribution >= 4 is 33.4 Å². The fraction of sp³-hybridized carbons (Fsp3) is 0.481. The molecule has 0 aromatic heterocycles. The third-order valence-electron chi connectivity index (χ3n) is 6.46. The lowest BCUT2D eigenvalue weighted by Gasteiger charge is -2.30. The average molecular weight is 565 g/mol. The molecule has 0 aliphatic carbocycles. The Morgan fingerprint density at radius 2 is 1.68 bits per heavy atom. The zero-order valence-corrected chi connectivity index (χ0v) is 23.6. The fourth-order valence-corrected chi connectivity index (χ4v) is 5.35. The van der Waals surface area contributed by atoms with Gasteiger partial charge in [0.25, 0.3) is 0 Å². The van der Waals surface area contributed by atoms with Crippen LogP contribution in [0.3, 0.4) is 0 Å². The minimum absolute atomic E-state index is 0.167. The van der Waals surface area contributed by atoms with Crippen LogP contribution in [0.4, 0.5) is 0 Å². The van der Waals surface area contributed by atoms with Crippen molar-refractivity contribution in [3.63, 3.8) is 0 Å². The first-order chi connectivity index (χ1) is 18.2. The molecule has 0 saturated carbocycles. The highest BCUT2D eigenvalue weighted by atomic mass is 35.5. The quantitative estimate of drug-likeness (QED) is 0.387. The van der Waals surface area contributed by atoms with E-state index in [0.717, 1.165) is 30.8 Å². The predicted octanol–water partition coefficient (Wildman–Crippen LogP) is 2.44. The molecule has 0 radical (unpaired) electrons. The maximum Gasteiger partial charge on any atom is 0.242 e. The van der Waals surface area contributed by atoms with Gasteiger partial charge in [0.15, 0.2) is 0 Å². The first kappa shape index (κ1) is 30.0. The van der Waals surface area contributed by atoms with Crippen LogP contribution in [0.25, 0.3) is 0 Å². The summed E-state index contributed by atoms with van der Waals surface area (Å²) in [6, 6.07) is 13.0. The first-order valence-electron chi connectivity index (χ1n) is 12.9. The molecule has 3 rings (SSSR count). The molecule has 1 atom stereocenters. The van der Waals surface area contributed by atoms with E-state index in [1.165, 1.54) is 12.1 Å². The van der Waals surface area contributed by atoms with Crippen molar-refractivity contribution in [1.82, 2.24) is 19.8 Å². The van der Waals surface area contributed by atoms with E-state index in [-0.39, 0.29) is 29.7 Å². The van der Waals surface area contributed by atoms with Crippen LogP contribution in [0.2, 0.25) is 5.02 Å². The molecule has 1 fully saturated rings. The number of hydrogen-bond acceptors (Lipinski definition) is 6. The predicted molar refractivity (Wildman–Crippen MR) is 147 cm³/mol. The van der Waals surface area contributed by atoms with Crippen LogP contribution in [0.1, 0.15) is 31.4 Å². The number of nitrogens with one attached hydrogen (secondary N) is 2. The van der Waals surface area contributed by atoms with Crippen LogP contribution < -0.4 is 10.0 Å². The van der Waals surface area contributed by atoms with Crippen molar-refractivity contribution in [3.05, 3.63) is 64.7 Å². The standard InChI is InChI=1S/C27H37ClN4O5S/c1-3-30-38(35,36)25-11-6-22(7-12-25)8-13-26(33)32(20-23-4-9-24(28)10-5-23)21(2)27(34)29-14-15-31-16-18-37-19-17-31/h4-7,9-12,21,30H,3,8,13-20H2,1-2H3,(H,29,34)/t21-/m1/s1. The summed E-state index contributed by atoms with van der Waals surface area (Å²) in [5.74, 6) is -0.376. The number of carbonyl (C=O) groups excluding carboxylic acids is 2. The third kappa shape index (κ3) is 9.06. The van der Waals surface area contributed by atoms with E-state index < -0.39 is 16.1 Å². The molecule has 1 saturated heterocycles. The van der Waals surface area contributed by atoms with Gasteiger partial charge in [0.05, 0.1) is 18.1 Å². The first-order valence-corrected chi connectivity index (χ1v) is 14.8. The normalized spacial score (nSPS) is 15.1. The van der Waals surface area contributed by atoms with Gasteiger partial charge in [0, 0.05) is 50.7 Å². The summed E-state index contributed by atoms with van der Waals surface area (Å²) in [5.41, 5.74) is 1.71. The van der Waals surface area contributed by atoms with Gasteiger partial charge in [-0.2, -0.15) is 0 Å². The summed E-state index contributed by atoms with van der Waals surface area (Å²) in [4.78, 5) is 30.4. The van der Waals surface area contributed by atoms with E-state index in [4.69, 9.17) is 16.3 Å². The largest absolute Gasteiger partial charge is 0.379 e. The number of aryl methyl sites for hydroxylation is 1. The highest BCUT2D eigenvalue weighted by Gasteiger charge is 2.26. The molecule has 1 heterocycles. The van der Waals surface area contributed by atoms with Crippen molar-refractivity contribution < 1.29 is 22.7 Å². The summed E-state index contributed by atoms with van der Waals surface area (Å²) in [6.45, 7) is 8.33. The number of benzene rings is 2. The van der Waals surface area contributed by atoms with Gasteiger partial charge >= 0.3 is 0 Å². The number of nitrogens with zero attached hydrogens (tertiary/aromatic N) is 2. The molecule has 0 spiro atoms. The lowest BCUT2D eigenvalue weighted by Crippen LogP contribution is -2.49. The van der Waals surface area contributed by atoms with E-state index in [9.17, 15) is 18.0 Å². The van der Waals surface area contributed by atoms with E-state index in [1.54, 1.807) is 43.0 Å². The van der Waals surface area contributed by atoms with E-state index in [1.807, 2.05) is 12.1 Å². The number of rotatable bonds is 13. The third-order valence-corrected chi connectivity index (χ3v) is 8.27. The molecule has 2 N–H and O–H groups in total. The van der Waals surface area contributed by atoms with Crippen LogP contribution in [0, 0.1) is 0 Å². The van der Waals surface area contributed by atoms with Crippen molar-refractivity contribution in [1.29, 1.82) is 0 Å². The van der Waals surface area contributed by atoms with Crippen LogP contribution in [0.5, 0.6) is 0 Å². The van der Waals surface area contributed by atoms with Crippen molar-refractivity contribution in [2.24, 2.45) is 0 Å². The molecule has 38 heavy (non-hydrogen) atoms. The maximum absolute atomic E-state index is 13.4. The summed E-state index contributed by atoms with van der Waals surface area (Å²) < 4.78 is 32.2. The number of hydrogen-bond donors (Lipinski definition) is 2. The van der Waals surface area contributed by atoms with Crippen LogP contribution in [-0.4, -0.2) is 82.0 Å². The van der Waals surface area contributed by atoms with Gasteiger partial charge in [-0.05, 0) is 48.7 Å². The fourth-order valence-electron chi connectivity index (χ4n) is 4.18. The van der Waals surface area contributed by atoms with E-state index >= 15 is 0 Å². The number of halogens is 1. The van der Waals surface area contributed by atoms with E-state index in [2.05, 4.69) is 14.9 Å². The monoisotopic (exact) mass is 564 g/mol. The Morgan fingerprint density at radius 3 is 2.32 bits per heavy atom. The molecular weight excluding hydrogens is 528 g/mol. The minimum atomic E-state index is -3.53. The van der Waals surface area contributed by atoms with Crippen LogP contribution in [-0.2, 0) is 37.3 Å². The zero-order chi connectivity index (χ0) is 27.5. The average Bonchev–Trinajstić information content (AvgIpc) is 2.91. The summed E-state index contributed by atoms with van der Waals surface area (Å²) in [6.07, 6.45) is 0.598. The molecule has 9 nitrogen and oxygen atoms in total. The molecule has 1 aliphatic heterocycles. The Bertz CT molecular complexity index is 1150. The number of morpholine rings is 1. The second kappa shape index (κ2) is 14.6. The molecule has 0 unspecified atom stereocenters. The zero-order valence-electron chi connectivity index (χ0n) is 22.0. The Labute approximate surface area is 230 Å². The molecule has 11 heteroatoms. The van der Waals surface area contributed by atoms with Crippen LogP contribution >= 0.6 is 11.6 Å². The number of amides is 2. The van der Waals surface area contributed by atoms with Gasteiger partial charge < -0.3 is 15.0 Å². The van der Waals surface area contributed by atoms with Gasteiger partial charge in [0.1, 0.15) is 6.04 Å². The molecule has 1 aliphatic rings. The Balaban J connectivity index is 1.63. The Hall–Kier alpha value is -2.50. The van der Waals surface area contributed by atoms with Gasteiger partial charge in [-0.25, -0.2) is 13.1 Å². The second-order valence-corrected chi connectivity index (χ2v) is 11.4. The summed E-state index contributed by atoms with van der Waals surface area (Å²) >= 11 is 6.02. The maximum atomic E-state index is 13.4. The Kier molecular flexibility index (Phi) is 11.5. The number of sulfonamides is 1. The molecule has 2 aromatic rings. The van der Waals surface area contributed by atoms with Gasteiger partial charge in [-0.15, -0.1) is 0 Å². The molecular formula is C27H37ClN4O5S. The smallest absolute Gasteiger partial charge is 0.242 e. The molecule has 2 aromatic carbocycles.